The summed E-state index contributed by atoms with van der Waals surface area (Å²) >= 11 is 11.8. The first-order valence-corrected chi connectivity index (χ1v) is 8.02. The van der Waals surface area contributed by atoms with E-state index >= 15 is 0 Å². The molecule has 0 aliphatic rings. The number of hydrogen-bond acceptors (Lipinski definition) is 2. The molecule has 0 aliphatic heterocycles. The zero-order chi connectivity index (χ0) is 17.7. The molecule has 0 saturated carbocycles. The Labute approximate surface area is 149 Å². The zero-order valence-corrected chi connectivity index (χ0v) is 14.3. The van der Waals surface area contributed by atoms with E-state index in [0.717, 1.165) is 18.6 Å². The van der Waals surface area contributed by atoms with Crippen molar-refractivity contribution in [2.75, 3.05) is 11.9 Å². The average Bonchev–Trinajstić information content (AvgIpc) is 2.52. The van der Waals surface area contributed by atoms with Gasteiger partial charge in [0, 0.05) is 11.6 Å². The van der Waals surface area contributed by atoms with Crippen molar-refractivity contribution in [3.63, 3.8) is 0 Å². The third-order valence-corrected chi connectivity index (χ3v) is 3.73. The van der Waals surface area contributed by atoms with Crippen LogP contribution in [-0.4, -0.2) is 18.4 Å². The van der Waals surface area contributed by atoms with Gasteiger partial charge in [-0.05, 0) is 42.8 Å². The summed E-state index contributed by atoms with van der Waals surface area (Å²) in [5.74, 6) is -1.43. The van der Waals surface area contributed by atoms with Crippen LogP contribution in [0.25, 0.3) is 0 Å². The van der Waals surface area contributed by atoms with Crippen LogP contribution >= 0.6 is 23.2 Å². The Morgan fingerprint density at radius 3 is 2.42 bits per heavy atom. The van der Waals surface area contributed by atoms with E-state index in [1.165, 1.54) is 18.2 Å². The van der Waals surface area contributed by atoms with Crippen molar-refractivity contribution in [2.24, 2.45) is 0 Å². The van der Waals surface area contributed by atoms with Crippen LogP contribution in [0.15, 0.2) is 36.4 Å². The van der Waals surface area contributed by atoms with Gasteiger partial charge in [0.1, 0.15) is 5.82 Å². The van der Waals surface area contributed by atoms with Gasteiger partial charge in [0.25, 0.3) is 11.8 Å². The number of nitrogens with one attached hydrogen (secondary N) is 2. The van der Waals surface area contributed by atoms with Crippen molar-refractivity contribution in [2.45, 2.75) is 13.3 Å². The third-order valence-electron chi connectivity index (χ3n) is 3.19. The standard InChI is InChI=1S/C17H15Cl2FN2O2/c1-2-7-21-16(23)13-5-3-10(18)8-15(13)22-17(24)12-6-4-11(20)9-14(12)19/h3-6,8-9H,2,7H2,1H3,(H,21,23)(H,22,24). The normalized spacial score (nSPS) is 10.3. The van der Waals surface area contributed by atoms with Gasteiger partial charge >= 0.3 is 0 Å². The van der Waals surface area contributed by atoms with E-state index in [0.29, 0.717) is 11.6 Å². The molecule has 0 fully saturated rings. The highest BCUT2D eigenvalue weighted by Crippen LogP contribution is 2.24. The molecular formula is C17H15Cl2FN2O2. The molecule has 7 heteroatoms. The van der Waals surface area contributed by atoms with Crippen LogP contribution in [0.4, 0.5) is 10.1 Å². The maximum Gasteiger partial charge on any atom is 0.257 e. The monoisotopic (exact) mass is 368 g/mol. The van der Waals surface area contributed by atoms with Crippen LogP contribution in [0, 0.1) is 5.82 Å². The van der Waals surface area contributed by atoms with E-state index in [9.17, 15) is 14.0 Å². The van der Waals surface area contributed by atoms with Gasteiger partial charge < -0.3 is 10.6 Å². The number of hydrogen-bond donors (Lipinski definition) is 2. The summed E-state index contributed by atoms with van der Waals surface area (Å²) in [6.45, 7) is 2.44. The Morgan fingerprint density at radius 2 is 1.75 bits per heavy atom. The molecule has 0 radical (unpaired) electrons. The molecule has 0 aromatic heterocycles. The van der Waals surface area contributed by atoms with Crippen molar-refractivity contribution in [3.8, 4) is 0 Å². The summed E-state index contributed by atoms with van der Waals surface area (Å²) in [5, 5.41) is 5.67. The first-order chi connectivity index (χ1) is 11.4. The fourth-order valence-corrected chi connectivity index (χ4v) is 2.44. The number of anilines is 1. The molecule has 2 amide bonds. The molecule has 0 bridgehead atoms. The van der Waals surface area contributed by atoms with Crippen LogP contribution in [-0.2, 0) is 0 Å². The number of benzene rings is 2. The van der Waals surface area contributed by atoms with E-state index < -0.39 is 11.7 Å². The second kappa shape index (κ2) is 8.13. The fourth-order valence-electron chi connectivity index (χ4n) is 2.01. The van der Waals surface area contributed by atoms with Gasteiger partial charge in [-0.25, -0.2) is 4.39 Å². The highest BCUT2D eigenvalue weighted by molar-refractivity contribution is 6.34. The van der Waals surface area contributed by atoms with Crippen LogP contribution in [0.2, 0.25) is 10.0 Å². The second-order valence-corrected chi connectivity index (χ2v) is 5.87. The highest BCUT2D eigenvalue weighted by atomic mass is 35.5. The van der Waals surface area contributed by atoms with Gasteiger partial charge in [-0.3, -0.25) is 9.59 Å². The summed E-state index contributed by atoms with van der Waals surface area (Å²) < 4.78 is 13.1. The van der Waals surface area contributed by atoms with Crippen molar-refractivity contribution < 1.29 is 14.0 Å². The molecule has 2 N–H and O–H groups in total. The van der Waals surface area contributed by atoms with Gasteiger partial charge in [0.15, 0.2) is 0 Å². The van der Waals surface area contributed by atoms with Crippen molar-refractivity contribution in [3.05, 3.63) is 63.4 Å². The lowest BCUT2D eigenvalue weighted by atomic mass is 10.1. The molecule has 0 saturated heterocycles. The third kappa shape index (κ3) is 4.46. The molecule has 0 unspecified atom stereocenters. The number of halogens is 3. The molecule has 126 valence electrons. The predicted molar refractivity (Wildman–Crippen MR) is 93.4 cm³/mol. The highest BCUT2D eigenvalue weighted by Gasteiger charge is 2.16. The molecule has 4 nitrogen and oxygen atoms in total. The van der Waals surface area contributed by atoms with E-state index in [-0.39, 0.29) is 27.7 Å². The Morgan fingerprint density at radius 1 is 1.04 bits per heavy atom. The van der Waals surface area contributed by atoms with Gasteiger partial charge in [-0.15, -0.1) is 0 Å². The van der Waals surface area contributed by atoms with Gasteiger partial charge in [0.2, 0.25) is 0 Å². The van der Waals surface area contributed by atoms with Crippen molar-refractivity contribution in [1.29, 1.82) is 0 Å². The SMILES string of the molecule is CCCNC(=O)c1ccc(Cl)cc1NC(=O)c1ccc(F)cc1Cl. The molecule has 0 aliphatic carbocycles. The maximum absolute atomic E-state index is 13.1. The van der Waals surface area contributed by atoms with Gasteiger partial charge in [-0.2, -0.15) is 0 Å². The first-order valence-electron chi connectivity index (χ1n) is 7.26. The van der Waals surface area contributed by atoms with E-state index in [4.69, 9.17) is 23.2 Å². The molecule has 24 heavy (non-hydrogen) atoms. The summed E-state index contributed by atoms with van der Waals surface area (Å²) in [4.78, 5) is 24.5. The molecule has 0 heterocycles. The molecule has 0 spiro atoms. The largest absolute Gasteiger partial charge is 0.352 e. The van der Waals surface area contributed by atoms with Crippen molar-refractivity contribution in [1.82, 2.24) is 5.32 Å². The minimum Gasteiger partial charge on any atom is -0.352 e. The number of amides is 2. The van der Waals surface area contributed by atoms with Crippen molar-refractivity contribution >= 4 is 40.7 Å². The Hall–Kier alpha value is -2.11. The summed E-state index contributed by atoms with van der Waals surface area (Å²) in [6.07, 6.45) is 0.784. The van der Waals surface area contributed by atoms with Crippen LogP contribution in [0.5, 0.6) is 0 Å². The Kier molecular flexibility index (Phi) is 6.17. The van der Waals surface area contributed by atoms with E-state index in [2.05, 4.69) is 10.6 Å². The molecule has 2 aromatic rings. The number of carbonyl (C=O) groups excluding carboxylic acids is 2. The first kappa shape index (κ1) is 18.2. The topological polar surface area (TPSA) is 58.2 Å². The average molecular weight is 369 g/mol. The smallest absolute Gasteiger partial charge is 0.257 e. The minimum atomic E-state index is -0.563. The fraction of sp³-hybridized carbons (Fsp3) is 0.176. The number of carbonyl (C=O) groups is 2. The zero-order valence-electron chi connectivity index (χ0n) is 12.8. The predicted octanol–water partition coefficient (Wildman–Crippen LogP) is 4.52. The quantitative estimate of drug-likeness (QED) is 0.814. The number of rotatable bonds is 5. The molecular weight excluding hydrogens is 354 g/mol. The summed E-state index contributed by atoms with van der Waals surface area (Å²) in [7, 11) is 0. The molecule has 2 aromatic carbocycles. The molecule has 2 rings (SSSR count). The van der Waals surface area contributed by atoms with Crippen LogP contribution < -0.4 is 10.6 Å². The molecule has 0 atom stereocenters. The van der Waals surface area contributed by atoms with E-state index in [1.807, 2.05) is 6.92 Å². The van der Waals surface area contributed by atoms with Crippen LogP contribution in [0.3, 0.4) is 0 Å². The van der Waals surface area contributed by atoms with Crippen LogP contribution in [0.1, 0.15) is 34.1 Å². The van der Waals surface area contributed by atoms with E-state index in [1.54, 1.807) is 6.07 Å². The Bertz CT molecular complexity index is 781. The lowest BCUT2D eigenvalue weighted by Gasteiger charge is -2.12. The lowest BCUT2D eigenvalue weighted by Crippen LogP contribution is -2.26. The lowest BCUT2D eigenvalue weighted by molar-refractivity contribution is 0.0954. The summed E-state index contributed by atoms with van der Waals surface area (Å²) in [6, 6.07) is 8.00. The Balaban J connectivity index is 2.29. The van der Waals surface area contributed by atoms with Gasteiger partial charge in [-0.1, -0.05) is 30.1 Å². The minimum absolute atomic E-state index is 0.0217. The summed E-state index contributed by atoms with van der Waals surface area (Å²) in [5.41, 5.74) is 0.624. The second-order valence-electron chi connectivity index (χ2n) is 5.02. The van der Waals surface area contributed by atoms with Gasteiger partial charge in [0.05, 0.1) is 21.8 Å². The maximum atomic E-state index is 13.1.